The number of nitrogens with zero attached hydrogens (tertiary/aromatic N) is 4. The van der Waals surface area contributed by atoms with E-state index in [0.717, 1.165) is 77.4 Å². The first-order valence-corrected chi connectivity index (χ1v) is 19.0. The first kappa shape index (κ1) is 31.5. The van der Waals surface area contributed by atoms with Gasteiger partial charge in [-0.05, 0) is 59.7 Å². The summed E-state index contributed by atoms with van der Waals surface area (Å²) in [5.74, 6) is 1.82. The van der Waals surface area contributed by atoms with Gasteiger partial charge in [-0.25, -0.2) is 15.0 Å². The normalized spacial score (nSPS) is 11.9. The van der Waals surface area contributed by atoms with E-state index in [2.05, 4.69) is 114 Å². The molecule has 0 atom stereocenters. The van der Waals surface area contributed by atoms with Gasteiger partial charge in [-0.2, -0.15) is 0 Å². The van der Waals surface area contributed by atoms with E-state index in [4.69, 9.17) is 23.8 Å². The van der Waals surface area contributed by atoms with E-state index in [1.165, 1.54) is 21.8 Å². The Bertz CT molecular complexity index is 3410. The third kappa shape index (κ3) is 4.94. The van der Waals surface area contributed by atoms with Crippen LogP contribution in [0.4, 0.5) is 0 Å². The van der Waals surface area contributed by atoms with Crippen molar-refractivity contribution < 1.29 is 8.83 Å². The van der Waals surface area contributed by atoms with Crippen LogP contribution in [0.2, 0.25) is 0 Å². The molecule has 12 aromatic rings. The van der Waals surface area contributed by atoms with Crippen LogP contribution in [-0.2, 0) is 0 Å². The molecule has 6 heteroatoms. The summed E-state index contributed by atoms with van der Waals surface area (Å²) in [5.41, 5.74) is 11.5. The van der Waals surface area contributed by atoms with Crippen LogP contribution in [0, 0.1) is 0 Å². The minimum absolute atomic E-state index is 0.586. The smallest absolute Gasteiger partial charge is 0.164 e. The second-order valence-electron chi connectivity index (χ2n) is 14.4. The zero-order valence-electron chi connectivity index (χ0n) is 30.4. The second-order valence-corrected chi connectivity index (χ2v) is 14.4. The van der Waals surface area contributed by atoms with Crippen LogP contribution < -0.4 is 0 Å². The molecule has 0 saturated carbocycles. The highest BCUT2D eigenvalue weighted by Crippen LogP contribution is 2.42. The van der Waals surface area contributed by atoms with Gasteiger partial charge >= 0.3 is 0 Å². The summed E-state index contributed by atoms with van der Waals surface area (Å²) in [7, 11) is 0. The molecular formula is C51H30N4O2. The molecule has 0 amide bonds. The standard InChI is InChI=1S/C51H30N4O2/c1-3-13-31(14-4-1)49-52-50(32-15-5-2-6-16-32)54-51(53-49)39-20-12-24-45-48(39)40-29-33(25-28-43(40)56-45)35-19-11-23-44-47(35)38-27-26-34(30-46(38)57-44)55-41-21-9-7-17-36(41)37-18-8-10-22-42(37)55/h1-30H. The molecule has 0 fully saturated rings. The topological polar surface area (TPSA) is 69.9 Å². The Morgan fingerprint density at radius 2 is 0.895 bits per heavy atom. The van der Waals surface area contributed by atoms with Gasteiger partial charge in [0.1, 0.15) is 22.3 Å². The minimum atomic E-state index is 0.586. The molecule has 0 N–H and O–H groups in total. The zero-order valence-corrected chi connectivity index (χ0v) is 30.4. The lowest BCUT2D eigenvalue weighted by Crippen LogP contribution is -2.00. The first-order valence-electron chi connectivity index (χ1n) is 19.0. The van der Waals surface area contributed by atoms with Crippen LogP contribution >= 0.6 is 0 Å². The summed E-state index contributed by atoms with van der Waals surface area (Å²) >= 11 is 0. The Kier molecular flexibility index (Phi) is 6.83. The van der Waals surface area contributed by atoms with Gasteiger partial charge in [0.2, 0.25) is 0 Å². The lowest BCUT2D eigenvalue weighted by atomic mass is 9.97. The largest absolute Gasteiger partial charge is 0.456 e. The van der Waals surface area contributed by atoms with E-state index < -0.39 is 0 Å². The second kappa shape index (κ2) is 12.3. The number of hydrogen-bond donors (Lipinski definition) is 0. The molecule has 6 nitrogen and oxygen atoms in total. The molecule has 4 heterocycles. The maximum absolute atomic E-state index is 6.64. The van der Waals surface area contributed by atoms with Crippen molar-refractivity contribution in [2.24, 2.45) is 0 Å². The number of benzene rings is 8. The van der Waals surface area contributed by atoms with Gasteiger partial charge in [0.25, 0.3) is 0 Å². The molecule has 0 spiro atoms. The van der Waals surface area contributed by atoms with Gasteiger partial charge in [0.05, 0.1) is 11.0 Å². The molecule has 0 bridgehead atoms. The summed E-state index contributed by atoms with van der Waals surface area (Å²) < 4.78 is 15.5. The van der Waals surface area contributed by atoms with Crippen LogP contribution in [-0.4, -0.2) is 19.5 Å². The van der Waals surface area contributed by atoms with E-state index in [1.54, 1.807) is 0 Å². The number of aromatic nitrogens is 4. The lowest BCUT2D eigenvalue weighted by Gasteiger charge is -2.09. The molecule has 0 aliphatic heterocycles. The molecule has 57 heavy (non-hydrogen) atoms. The van der Waals surface area contributed by atoms with Gasteiger partial charge in [0.15, 0.2) is 17.5 Å². The van der Waals surface area contributed by atoms with E-state index in [0.29, 0.717) is 17.5 Å². The van der Waals surface area contributed by atoms with Crippen LogP contribution in [0.25, 0.3) is 117 Å². The molecule has 4 aromatic heterocycles. The summed E-state index contributed by atoms with van der Waals surface area (Å²) in [6, 6.07) is 62.6. The molecule has 0 aliphatic carbocycles. The molecular weight excluding hydrogens is 701 g/mol. The highest BCUT2D eigenvalue weighted by molar-refractivity contribution is 6.16. The maximum Gasteiger partial charge on any atom is 0.164 e. The highest BCUT2D eigenvalue weighted by atomic mass is 16.3. The van der Waals surface area contributed by atoms with Crippen molar-refractivity contribution >= 4 is 65.7 Å². The van der Waals surface area contributed by atoms with Gasteiger partial charge in [-0.15, -0.1) is 0 Å². The summed E-state index contributed by atoms with van der Waals surface area (Å²) in [6.45, 7) is 0. The molecule has 0 aliphatic rings. The van der Waals surface area contributed by atoms with Crippen molar-refractivity contribution in [1.29, 1.82) is 0 Å². The van der Waals surface area contributed by atoms with Crippen molar-refractivity contribution in [3.8, 4) is 51.0 Å². The summed E-state index contributed by atoms with van der Waals surface area (Å²) in [5, 5.41) is 6.54. The highest BCUT2D eigenvalue weighted by Gasteiger charge is 2.20. The van der Waals surface area contributed by atoms with Crippen molar-refractivity contribution in [2.75, 3.05) is 0 Å². The number of para-hydroxylation sites is 2. The Balaban J connectivity index is 1.03. The quantitative estimate of drug-likeness (QED) is 0.176. The molecule has 12 rings (SSSR count). The molecule has 266 valence electrons. The fourth-order valence-electron chi connectivity index (χ4n) is 8.50. The third-order valence-electron chi connectivity index (χ3n) is 11.1. The Hall–Kier alpha value is -7.83. The molecule has 0 radical (unpaired) electrons. The number of furan rings is 2. The van der Waals surface area contributed by atoms with Crippen molar-refractivity contribution in [3.05, 3.63) is 182 Å². The fraction of sp³-hybridized carbons (Fsp3) is 0. The van der Waals surface area contributed by atoms with Gasteiger partial charge in [0, 0.05) is 60.8 Å². The first-order chi connectivity index (χ1) is 28.2. The van der Waals surface area contributed by atoms with Gasteiger partial charge < -0.3 is 13.4 Å². The SMILES string of the molecule is c1ccc(-c2nc(-c3ccccc3)nc(-c3cccc4oc5ccc(-c6cccc7oc8cc(-n9c%10ccccc%10c%10ccccc%109)ccc8c67)cc5c34)n2)cc1. The Labute approximate surface area is 325 Å². The summed E-state index contributed by atoms with van der Waals surface area (Å²) in [6.07, 6.45) is 0. The zero-order chi connectivity index (χ0) is 37.5. The van der Waals surface area contributed by atoms with Gasteiger partial charge in [-0.3, -0.25) is 0 Å². The Morgan fingerprint density at radius 1 is 0.333 bits per heavy atom. The van der Waals surface area contributed by atoms with E-state index >= 15 is 0 Å². The van der Waals surface area contributed by atoms with E-state index in [-0.39, 0.29) is 0 Å². The minimum Gasteiger partial charge on any atom is -0.456 e. The van der Waals surface area contributed by atoms with Crippen molar-refractivity contribution in [1.82, 2.24) is 19.5 Å². The average Bonchev–Trinajstić information content (AvgIpc) is 3.96. The average molecular weight is 731 g/mol. The van der Waals surface area contributed by atoms with E-state index in [9.17, 15) is 0 Å². The van der Waals surface area contributed by atoms with Crippen LogP contribution in [0.1, 0.15) is 0 Å². The number of hydrogen-bond acceptors (Lipinski definition) is 5. The van der Waals surface area contributed by atoms with Crippen LogP contribution in [0.3, 0.4) is 0 Å². The fourth-order valence-corrected chi connectivity index (χ4v) is 8.50. The van der Waals surface area contributed by atoms with Gasteiger partial charge in [-0.1, -0.05) is 127 Å². The summed E-state index contributed by atoms with van der Waals surface area (Å²) in [4.78, 5) is 15.1. The monoisotopic (exact) mass is 730 g/mol. The molecule has 8 aromatic carbocycles. The third-order valence-corrected chi connectivity index (χ3v) is 11.1. The predicted octanol–water partition coefficient (Wildman–Crippen LogP) is 13.4. The Morgan fingerprint density at radius 3 is 1.56 bits per heavy atom. The molecule has 0 unspecified atom stereocenters. The maximum atomic E-state index is 6.64. The van der Waals surface area contributed by atoms with Crippen LogP contribution in [0.5, 0.6) is 0 Å². The number of fused-ring (bicyclic) bond motifs is 9. The predicted molar refractivity (Wildman–Crippen MR) is 230 cm³/mol. The van der Waals surface area contributed by atoms with Crippen molar-refractivity contribution in [2.45, 2.75) is 0 Å². The van der Waals surface area contributed by atoms with Crippen LogP contribution in [0.15, 0.2) is 191 Å². The molecule has 0 saturated heterocycles. The van der Waals surface area contributed by atoms with E-state index in [1.807, 2.05) is 72.8 Å². The number of rotatable bonds is 5. The lowest BCUT2D eigenvalue weighted by molar-refractivity contribution is 0.668. The van der Waals surface area contributed by atoms with Crippen molar-refractivity contribution in [3.63, 3.8) is 0 Å².